The first-order valence-corrected chi connectivity index (χ1v) is 10.7. The number of thioether (sulfide) groups is 1. The number of hydrogen-bond acceptors (Lipinski definition) is 7. The van der Waals surface area contributed by atoms with Gasteiger partial charge in [0.15, 0.2) is 11.0 Å². The number of benzene rings is 1. The minimum atomic E-state index is 0.396. The summed E-state index contributed by atoms with van der Waals surface area (Å²) >= 11 is 1.60. The van der Waals surface area contributed by atoms with Crippen molar-refractivity contribution in [3.8, 4) is 17.1 Å². The molecule has 0 N–H and O–H groups in total. The molecule has 0 saturated heterocycles. The second kappa shape index (κ2) is 8.34. The zero-order valence-corrected chi connectivity index (χ0v) is 17.3. The molecule has 2 heterocycles. The monoisotopic (exact) mass is 399 g/mol. The van der Waals surface area contributed by atoms with Gasteiger partial charge in [0.1, 0.15) is 5.75 Å². The third-order valence-corrected chi connectivity index (χ3v) is 6.23. The first kappa shape index (κ1) is 19.0. The maximum Gasteiger partial charge on any atom is 0.226 e. The van der Waals surface area contributed by atoms with Gasteiger partial charge < -0.3 is 9.15 Å². The second-order valence-electron chi connectivity index (χ2n) is 7.24. The van der Waals surface area contributed by atoms with Crippen LogP contribution in [0.25, 0.3) is 11.4 Å². The average molecular weight is 400 g/mol. The van der Waals surface area contributed by atoms with Crippen molar-refractivity contribution in [3.63, 3.8) is 0 Å². The SMILES string of the molecule is COc1ccc(-c2nnc(SCc3nnc(C)o3)n2[C@H]2CCCC[C@H]2C)cc1. The van der Waals surface area contributed by atoms with Gasteiger partial charge in [0.05, 0.1) is 12.9 Å². The summed E-state index contributed by atoms with van der Waals surface area (Å²) in [5.41, 5.74) is 1.05. The summed E-state index contributed by atoms with van der Waals surface area (Å²) in [6.45, 7) is 4.13. The molecular weight excluding hydrogens is 374 g/mol. The van der Waals surface area contributed by atoms with Crippen LogP contribution in [0.5, 0.6) is 5.75 Å². The standard InChI is InChI=1S/C20H25N5O2S/c1-13-6-4-5-7-17(13)25-19(15-8-10-16(26-3)11-9-15)23-24-20(25)28-12-18-22-21-14(2)27-18/h8-11,13,17H,4-7,12H2,1-3H3/t13-,17+/m1/s1. The van der Waals surface area contributed by atoms with E-state index in [1.54, 1.807) is 25.8 Å². The molecule has 7 nitrogen and oxygen atoms in total. The largest absolute Gasteiger partial charge is 0.497 e. The Kier molecular flexibility index (Phi) is 5.66. The molecule has 1 saturated carbocycles. The van der Waals surface area contributed by atoms with Crippen molar-refractivity contribution >= 4 is 11.8 Å². The Balaban J connectivity index is 1.67. The van der Waals surface area contributed by atoms with Gasteiger partial charge in [0.25, 0.3) is 0 Å². The molecule has 8 heteroatoms. The lowest BCUT2D eigenvalue weighted by molar-refractivity contribution is 0.247. The van der Waals surface area contributed by atoms with Crippen molar-refractivity contribution in [1.82, 2.24) is 25.0 Å². The fraction of sp³-hybridized carbons (Fsp3) is 0.500. The average Bonchev–Trinajstić information content (AvgIpc) is 3.33. The molecule has 0 spiro atoms. The lowest BCUT2D eigenvalue weighted by Gasteiger charge is -2.31. The van der Waals surface area contributed by atoms with E-state index in [1.807, 2.05) is 24.3 Å². The highest BCUT2D eigenvalue weighted by molar-refractivity contribution is 7.98. The van der Waals surface area contributed by atoms with Gasteiger partial charge in [0.2, 0.25) is 11.8 Å². The smallest absolute Gasteiger partial charge is 0.226 e. The highest BCUT2D eigenvalue weighted by atomic mass is 32.2. The van der Waals surface area contributed by atoms with Crippen LogP contribution in [0.2, 0.25) is 0 Å². The summed E-state index contributed by atoms with van der Waals surface area (Å²) in [7, 11) is 1.68. The van der Waals surface area contributed by atoms with Gasteiger partial charge in [-0.25, -0.2) is 0 Å². The highest BCUT2D eigenvalue weighted by Crippen LogP contribution is 2.39. The summed E-state index contributed by atoms with van der Waals surface area (Å²) in [5.74, 6) is 4.11. The van der Waals surface area contributed by atoms with E-state index < -0.39 is 0 Å². The van der Waals surface area contributed by atoms with Gasteiger partial charge in [-0.3, -0.25) is 4.57 Å². The third-order valence-electron chi connectivity index (χ3n) is 5.30. The molecule has 0 bridgehead atoms. The number of nitrogens with zero attached hydrogens (tertiary/aromatic N) is 5. The molecule has 0 unspecified atom stereocenters. The summed E-state index contributed by atoms with van der Waals surface area (Å²) in [6, 6.07) is 8.41. The van der Waals surface area contributed by atoms with E-state index in [4.69, 9.17) is 9.15 Å². The van der Waals surface area contributed by atoms with Crippen molar-refractivity contribution in [2.45, 2.75) is 56.5 Å². The molecule has 28 heavy (non-hydrogen) atoms. The predicted octanol–water partition coefficient (Wildman–Crippen LogP) is 4.69. The fourth-order valence-electron chi connectivity index (χ4n) is 3.81. The van der Waals surface area contributed by atoms with E-state index in [1.165, 1.54) is 19.3 Å². The quantitative estimate of drug-likeness (QED) is 0.556. The maximum atomic E-state index is 5.51. The van der Waals surface area contributed by atoms with Gasteiger partial charge in [-0.2, -0.15) is 0 Å². The van der Waals surface area contributed by atoms with Crippen LogP contribution < -0.4 is 4.74 Å². The van der Waals surface area contributed by atoms with Crippen LogP contribution >= 0.6 is 11.8 Å². The van der Waals surface area contributed by atoms with Gasteiger partial charge in [-0.05, 0) is 43.0 Å². The number of aryl methyl sites for hydroxylation is 1. The Hall–Kier alpha value is -2.35. The molecule has 1 aliphatic carbocycles. The van der Waals surface area contributed by atoms with Crippen LogP contribution in [-0.4, -0.2) is 32.1 Å². The van der Waals surface area contributed by atoms with E-state index in [0.717, 1.165) is 28.7 Å². The van der Waals surface area contributed by atoms with E-state index in [0.29, 0.717) is 29.5 Å². The molecule has 0 aliphatic heterocycles. The topological polar surface area (TPSA) is 78.9 Å². The first-order chi connectivity index (χ1) is 13.7. The molecule has 2 aromatic heterocycles. The number of aromatic nitrogens is 5. The number of ether oxygens (including phenoxy) is 1. The second-order valence-corrected chi connectivity index (χ2v) is 8.18. The van der Waals surface area contributed by atoms with Crippen LogP contribution in [0.15, 0.2) is 33.8 Å². The van der Waals surface area contributed by atoms with E-state index in [2.05, 4.69) is 31.9 Å². The fourth-order valence-corrected chi connectivity index (χ4v) is 4.64. The van der Waals surface area contributed by atoms with Crippen LogP contribution in [-0.2, 0) is 5.75 Å². The Labute approximate surface area is 168 Å². The van der Waals surface area contributed by atoms with Crippen LogP contribution in [0, 0.1) is 12.8 Å². The molecule has 0 amide bonds. The first-order valence-electron chi connectivity index (χ1n) is 9.67. The Morgan fingerprint density at radius 1 is 1.11 bits per heavy atom. The van der Waals surface area contributed by atoms with Crippen LogP contribution in [0.3, 0.4) is 0 Å². The zero-order valence-electron chi connectivity index (χ0n) is 16.5. The lowest BCUT2D eigenvalue weighted by atomic mass is 9.85. The minimum absolute atomic E-state index is 0.396. The normalized spacial score (nSPS) is 19.7. The molecule has 1 aromatic carbocycles. The van der Waals surface area contributed by atoms with E-state index in [9.17, 15) is 0 Å². The lowest BCUT2D eigenvalue weighted by Crippen LogP contribution is -2.22. The summed E-state index contributed by atoms with van der Waals surface area (Å²) in [5, 5.41) is 18.0. The van der Waals surface area contributed by atoms with Gasteiger partial charge in [-0.1, -0.05) is 31.5 Å². The maximum absolute atomic E-state index is 5.51. The molecule has 1 fully saturated rings. The Bertz CT molecular complexity index is 921. The van der Waals surface area contributed by atoms with Crippen molar-refractivity contribution in [2.24, 2.45) is 5.92 Å². The Morgan fingerprint density at radius 3 is 2.57 bits per heavy atom. The molecule has 1 aliphatic rings. The summed E-state index contributed by atoms with van der Waals surface area (Å²) in [6.07, 6.45) is 4.91. The van der Waals surface area contributed by atoms with Crippen molar-refractivity contribution in [3.05, 3.63) is 36.0 Å². The summed E-state index contributed by atoms with van der Waals surface area (Å²) < 4.78 is 13.1. The molecule has 3 aromatic rings. The number of methoxy groups -OCH3 is 1. The molecule has 4 rings (SSSR count). The number of rotatable bonds is 6. The van der Waals surface area contributed by atoms with Crippen LogP contribution in [0.1, 0.15) is 50.4 Å². The minimum Gasteiger partial charge on any atom is -0.497 e. The number of hydrogen-bond donors (Lipinski definition) is 0. The van der Waals surface area contributed by atoms with E-state index >= 15 is 0 Å². The molecule has 148 valence electrons. The van der Waals surface area contributed by atoms with Crippen molar-refractivity contribution in [2.75, 3.05) is 7.11 Å². The zero-order chi connectivity index (χ0) is 19.5. The Morgan fingerprint density at radius 2 is 1.89 bits per heavy atom. The van der Waals surface area contributed by atoms with Crippen molar-refractivity contribution < 1.29 is 9.15 Å². The predicted molar refractivity (Wildman–Crippen MR) is 107 cm³/mol. The van der Waals surface area contributed by atoms with Crippen LogP contribution in [0.4, 0.5) is 0 Å². The van der Waals surface area contributed by atoms with Gasteiger partial charge in [-0.15, -0.1) is 20.4 Å². The molecule has 0 radical (unpaired) electrons. The van der Waals surface area contributed by atoms with E-state index in [-0.39, 0.29) is 0 Å². The highest BCUT2D eigenvalue weighted by Gasteiger charge is 2.28. The summed E-state index contributed by atoms with van der Waals surface area (Å²) in [4.78, 5) is 0. The van der Waals surface area contributed by atoms with Gasteiger partial charge >= 0.3 is 0 Å². The molecular formula is C20H25N5O2S. The van der Waals surface area contributed by atoms with Gasteiger partial charge in [0, 0.05) is 18.5 Å². The third kappa shape index (κ3) is 3.92. The van der Waals surface area contributed by atoms with Crippen molar-refractivity contribution in [1.29, 1.82) is 0 Å². The molecule has 2 atom stereocenters.